The topological polar surface area (TPSA) is 94.8 Å². The third-order valence-corrected chi connectivity index (χ3v) is 1.50. The first-order valence-electron chi connectivity index (χ1n) is 4.44. The van der Waals surface area contributed by atoms with E-state index in [2.05, 4.69) is 0 Å². The molecule has 22 heavy (non-hydrogen) atoms. The highest BCUT2D eigenvalue weighted by atomic mass is 19.4. The summed E-state index contributed by atoms with van der Waals surface area (Å²) in [6, 6.07) is 0. The molecule has 0 amide bonds. The molecule has 0 spiro atoms. The van der Waals surface area contributed by atoms with Crippen LogP contribution in [0, 0.1) is 0 Å². The summed E-state index contributed by atoms with van der Waals surface area (Å²) in [7, 11) is 0. The van der Waals surface area contributed by atoms with Crippen LogP contribution in [0.2, 0.25) is 0 Å². The van der Waals surface area contributed by atoms with Gasteiger partial charge in [0.15, 0.2) is 0 Å². The van der Waals surface area contributed by atoms with Crippen LogP contribution in [0.15, 0.2) is 12.2 Å². The van der Waals surface area contributed by atoms with Crippen LogP contribution in [0.25, 0.3) is 0 Å². The second-order valence-electron chi connectivity index (χ2n) is 3.20. The van der Waals surface area contributed by atoms with Gasteiger partial charge < -0.3 is 15.3 Å². The Morgan fingerprint density at radius 3 is 1.05 bits per heavy atom. The van der Waals surface area contributed by atoms with E-state index in [1.807, 2.05) is 0 Å². The quantitative estimate of drug-likeness (QED) is 0.532. The molecule has 0 fully saturated rings. The van der Waals surface area contributed by atoms with E-state index in [0.717, 1.165) is 0 Å². The van der Waals surface area contributed by atoms with Gasteiger partial charge in [0.1, 0.15) is 0 Å². The molecule has 0 saturated heterocycles. The van der Waals surface area contributed by atoms with Crippen molar-refractivity contribution in [1.82, 2.24) is 0 Å². The van der Waals surface area contributed by atoms with Crippen molar-refractivity contribution < 1.29 is 64.4 Å². The summed E-state index contributed by atoms with van der Waals surface area (Å²) in [5, 5.41) is 22.8. The molecule has 0 heterocycles. The lowest BCUT2D eigenvalue weighted by molar-refractivity contribution is -0.435. The summed E-state index contributed by atoms with van der Waals surface area (Å²) in [6.45, 7) is 0. The van der Waals surface area contributed by atoms with Crippen molar-refractivity contribution >= 4 is 11.9 Å². The molecule has 130 valence electrons. The zero-order valence-electron chi connectivity index (χ0n) is 9.71. The summed E-state index contributed by atoms with van der Waals surface area (Å²) >= 11 is 0. The first-order chi connectivity index (χ1) is 9.38. The van der Waals surface area contributed by atoms with E-state index < -0.39 is 36.1 Å². The van der Waals surface area contributed by atoms with Gasteiger partial charge in [-0.15, -0.1) is 0 Å². The van der Waals surface area contributed by atoms with Gasteiger partial charge in [-0.1, -0.05) is 0 Å². The number of rotatable bonds is 4. The smallest absolute Gasteiger partial charge is 0.460 e. The van der Waals surface area contributed by atoms with E-state index >= 15 is 0 Å². The number of hydrogen-bond donors (Lipinski definition) is 3. The molecule has 0 aliphatic heterocycles. The third kappa shape index (κ3) is 5.79. The number of carbonyl (C=O) groups is 2. The van der Waals surface area contributed by atoms with Crippen molar-refractivity contribution in [3.63, 3.8) is 0 Å². The molecule has 0 aromatic heterocycles. The lowest BCUT2D eigenvalue weighted by Gasteiger charge is -2.30. The molecule has 0 bridgehead atoms. The van der Waals surface area contributed by atoms with Crippen molar-refractivity contribution in [3.05, 3.63) is 12.2 Å². The number of carboxylic acid groups (broad SMARTS) is 2. The fraction of sp³-hybridized carbons (Fsp3) is 0.500. The van der Waals surface area contributed by atoms with E-state index in [1.165, 1.54) is 0 Å². The zero-order chi connectivity index (χ0) is 18.6. The Balaban J connectivity index is 0. The van der Waals surface area contributed by atoms with Gasteiger partial charge in [0, 0.05) is 12.2 Å². The van der Waals surface area contributed by atoms with Crippen LogP contribution in [-0.2, 0) is 9.59 Å². The number of alkyl halides is 9. The first kappa shape index (κ1) is 22.3. The van der Waals surface area contributed by atoms with Crippen LogP contribution in [0.1, 0.15) is 0 Å². The Hall–Kier alpha value is -1.99. The van der Waals surface area contributed by atoms with E-state index in [4.69, 9.17) is 15.3 Å². The van der Waals surface area contributed by atoms with Crippen LogP contribution in [-0.4, -0.2) is 51.4 Å². The fourth-order valence-corrected chi connectivity index (χ4v) is 0.509. The molecule has 3 N–H and O–H groups in total. The van der Waals surface area contributed by atoms with Gasteiger partial charge in [0.25, 0.3) is 0 Å². The van der Waals surface area contributed by atoms with Crippen molar-refractivity contribution in [2.45, 2.75) is 24.1 Å². The molecule has 5 nitrogen and oxygen atoms in total. The van der Waals surface area contributed by atoms with Crippen LogP contribution in [0.5, 0.6) is 0 Å². The number of carboxylic acids is 2. The van der Waals surface area contributed by atoms with Gasteiger partial charge in [0.05, 0.1) is 0 Å². The molecule has 0 radical (unpaired) electrons. The minimum atomic E-state index is -7.02. The minimum Gasteiger partial charge on any atom is -0.478 e. The highest BCUT2D eigenvalue weighted by Gasteiger charge is 2.82. The number of aliphatic hydroxyl groups is 1. The van der Waals surface area contributed by atoms with Gasteiger partial charge in [-0.25, -0.2) is 9.59 Å². The highest BCUT2D eigenvalue weighted by Crippen LogP contribution is 2.51. The SMILES string of the molecule is O=C(O)/C=C\C(=O)O.OC(F)(F)C(F)(F)C(F)(F)C(F)(F)F. The Morgan fingerprint density at radius 2 is 0.955 bits per heavy atom. The van der Waals surface area contributed by atoms with Crippen LogP contribution in [0.4, 0.5) is 39.5 Å². The molecule has 0 saturated carbocycles. The molecule has 0 unspecified atom stereocenters. The number of halogens is 9. The average molecular weight is 352 g/mol. The molecular formula is C8H5F9O5. The molecule has 0 aromatic carbocycles. The standard InChI is InChI=1S/C4HF9O.C4H4O4/c5-1(6,3(9,10)11)2(7,8)4(12,13)14;5-3(6)1-2-4(7)8/h14H;1-2H,(H,5,6)(H,7,8)/b;2-1-. The van der Waals surface area contributed by atoms with Gasteiger partial charge in [0.2, 0.25) is 0 Å². The van der Waals surface area contributed by atoms with Crippen LogP contribution in [0.3, 0.4) is 0 Å². The van der Waals surface area contributed by atoms with Crippen molar-refractivity contribution in [2.75, 3.05) is 0 Å². The van der Waals surface area contributed by atoms with Crippen molar-refractivity contribution in [2.24, 2.45) is 0 Å². The second-order valence-corrected chi connectivity index (χ2v) is 3.20. The van der Waals surface area contributed by atoms with E-state index in [-0.39, 0.29) is 0 Å². The summed E-state index contributed by atoms with van der Waals surface area (Å²) in [5.41, 5.74) is 0. The predicted octanol–water partition coefficient (Wildman–Crippen LogP) is 2.12. The Kier molecular flexibility index (Phi) is 6.94. The summed E-state index contributed by atoms with van der Waals surface area (Å²) in [4.78, 5) is 19.1. The average Bonchev–Trinajstić information content (AvgIpc) is 2.23. The van der Waals surface area contributed by atoms with Crippen LogP contribution >= 0.6 is 0 Å². The maximum Gasteiger partial charge on any atom is 0.460 e. The maximum absolute atomic E-state index is 11.7. The van der Waals surface area contributed by atoms with E-state index in [1.54, 1.807) is 0 Å². The van der Waals surface area contributed by atoms with Crippen LogP contribution < -0.4 is 0 Å². The molecule has 0 aliphatic carbocycles. The van der Waals surface area contributed by atoms with E-state index in [0.29, 0.717) is 12.2 Å². The molecule has 0 aliphatic rings. The van der Waals surface area contributed by atoms with Gasteiger partial charge in [-0.3, -0.25) is 0 Å². The maximum atomic E-state index is 11.7. The third-order valence-electron chi connectivity index (χ3n) is 1.50. The first-order valence-corrected chi connectivity index (χ1v) is 4.44. The van der Waals surface area contributed by atoms with Crippen molar-refractivity contribution in [3.8, 4) is 0 Å². The number of aliphatic carboxylic acids is 2. The number of hydrogen-bond acceptors (Lipinski definition) is 3. The predicted molar refractivity (Wildman–Crippen MR) is 47.5 cm³/mol. The monoisotopic (exact) mass is 352 g/mol. The Morgan fingerprint density at radius 1 is 0.682 bits per heavy atom. The van der Waals surface area contributed by atoms with E-state index in [9.17, 15) is 49.1 Å². The van der Waals surface area contributed by atoms with Crippen molar-refractivity contribution in [1.29, 1.82) is 0 Å². The zero-order valence-corrected chi connectivity index (χ0v) is 9.71. The summed E-state index contributed by atoms with van der Waals surface area (Å²) in [6.07, 6.45) is -12.2. The lowest BCUT2D eigenvalue weighted by Crippen LogP contribution is -2.60. The molecule has 0 rings (SSSR count). The Bertz CT molecular complexity index is 394. The summed E-state index contributed by atoms with van der Waals surface area (Å²) in [5.74, 6) is -16.4. The molecule has 0 atom stereocenters. The lowest BCUT2D eigenvalue weighted by atomic mass is 10.1. The van der Waals surface area contributed by atoms with Gasteiger partial charge in [-0.05, 0) is 0 Å². The normalized spacial score (nSPS) is 13.5. The van der Waals surface area contributed by atoms with Gasteiger partial charge in [-0.2, -0.15) is 39.5 Å². The molecular weight excluding hydrogens is 347 g/mol. The Labute approximate surface area is 114 Å². The molecule has 14 heteroatoms. The molecule has 0 aromatic rings. The fourth-order valence-electron chi connectivity index (χ4n) is 0.509. The highest BCUT2D eigenvalue weighted by molar-refractivity contribution is 5.89. The minimum absolute atomic E-state index is 0.558. The second kappa shape index (κ2) is 6.85. The largest absolute Gasteiger partial charge is 0.478 e. The summed E-state index contributed by atoms with van der Waals surface area (Å²) < 4.78 is 103. The van der Waals surface area contributed by atoms with Gasteiger partial charge >= 0.3 is 36.1 Å².